The molecular weight excluding hydrogens is 1880 g/mol. The Hall–Kier alpha value is -14.2. The van der Waals surface area contributed by atoms with Crippen LogP contribution in [0.4, 0.5) is 41.6 Å². The fourth-order valence-electron chi connectivity index (χ4n) is 21.6. The summed E-state index contributed by atoms with van der Waals surface area (Å²) in [5, 5.41) is 71.1. The lowest BCUT2D eigenvalue weighted by Gasteiger charge is -2.33. The number of phenolic OH excluding ortho intramolecular Hbond substituents is 5. The first-order valence-corrected chi connectivity index (χ1v) is 51.7. The van der Waals surface area contributed by atoms with E-state index < -0.39 is 17.6 Å². The molecule has 0 bridgehead atoms. The van der Waals surface area contributed by atoms with Gasteiger partial charge in [-0.2, -0.15) is 13.2 Å². The summed E-state index contributed by atoms with van der Waals surface area (Å²) in [4.78, 5) is 77.5. The monoisotopic (exact) mass is 2020 g/mol. The number of aryl methyl sites for hydroxylation is 9. The summed E-state index contributed by atoms with van der Waals surface area (Å²) in [7, 11) is 0. The minimum Gasteiger partial charge on any atom is -0.508 e. The number of aromatic hydroxyl groups is 5. The zero-order chi connectivity index (χ0) is 105. The number of carbonyl (C=O) groups excluding carboxylic acids is 5. The van der Waals surface area contributed by atoms with E-state index in [1.807, 2.05) is 125 Å². The van der Waals surface area contributed by atoms with Crippen molar-refractivity contribution < 1.29 is 84.8 Å². The largest absolute Gasteiger partial charge is 0.508 e. The minimum absolute atomic E-state index is 0.0327. The molecular formula is C120H137F3N10O15. The zero-order valence-electron chi connectivity index (χ0n) is 87.1. The second-order valence-electron chi connectivity index (χ2n) is 41.2. The Morgan fingerprint density at radius 2 is 0.561 bits per heavy atom. The number of furan rings is 5. The molecule has 0 saturated carbocycles. The van der Waals surface area contributed by atoms with E-state index in [1.54, 1.807) is 95.3 Å². The predicted molar refractivity (Wildman–Crippen MR) is 577 cm³/mol. The topological polar surface area (TPSA) is 329 Å². The van der Waals surface area contributed by atoms with Gasteiger partial charge in [0.1, 0.15) is 85.5 Å². The maximum Gasteiger partial charge on any atom is 0.416 e. The number of nitrogens with zero attached hydrogens (tertiary/aromatic N) is 5. The number of amides is 5. The van der Waals surface area contributed by atoms with Crippen LogP contribution in [-0.2, 0) is 38.9 Å². The molecule has 20 rings (SSSR count). The van der Waals surface area contributed by atoms with Gasteiger partial charge in [0.15, 0.2) is 0 Å². The molecule has 4 atom stereocenters. The average Bonchev–Trinajstić information content (AvgIpc) is 1.63. The molecule has 5 aliphatic rings. The van der Waals surface area contributed by atoms with E-state index >= 15 is 0 Å². The Labute approximate surface area is 861 Å². The van der Waals surface area contributed by atoms with Gasteiger partial charge in [0.25, 0.3) is 29.5 Å². The molecule has 5 aromatic heterocycles. The molecule has 28 heteroatoms. The van der Waals surface area contributed by atoms with Crippen LogP contribution in [0.15, 0.2) is 204 Å². The molecule has 25 nitrogen and oxygen atoms in total. The smallest absolute Gasteiger partial charge is 0.416 e. The van der Waals surface area contributed by atoms with Crippen molar-refractivity contribution in [1.29, 1.82) is 0 Å². The number of rotatable bonds is 20. The molecule has 148 heavy (non-hydrogen) atoms. The molecule has 1 unspecified atom stereocenters. The van der Waals surface area contributed by atoms with E-state index in [4.69, 9.17) is 22.1 Å². The highest BCUT2D eigenvalue weighted by molar-refractivity contribution is 6.18. The zero-order valence-corrected chi connectivity index (χ0v) is 87.1. The van der Waals surface area contributed by atoms with Gasteiger partial charge in [0.05, 0.1) is 33.4 Å². The molecule has 10 heterocycles. The van der Waals surface area contributed by atoms with Crippen molar-refractivity contribution in [3.8, 4) is 28.7 Å². The molecule has 10 aromatic carbocycles. The standard InChI is InChI=1S/C24H25F3N2O3.4C24H28N2O3/c1-14-8-10-29(11-9-14)13-18-19(30)6-7-20-22(18)21(15(2)32-20)23(31)28-17-5-3-4-16(12-17)24(25,26)27;2*1-15-6-4-8-18(12-15)25-24(28)22-17(3)29-21-10-9-20(27)19(23(21)22)14-26-11-5-7-16(2)13-26;2*1-15-7-6-9-18(13-15)25-24(28)22-17(3)29-21-11-10-20(27)19(23(21)22)14-26-12-5-4-8-16(26)2/h3-7,12,14,30H,8-11,13H2,1-2H3,(H,28,31);2*4,6,8-10,12,16,27H,5,7,11,13-14H2,1-3H3,(H,25,28);2*6-7,9-11,13,16,27H,4-5,8,12,14H2,1-3H3,(H,25,28)/t;16-;;2*16-/m.0.10/s1. The first kappa shape index (κ1) is 107. The first-order valence-electron chi connectivity index (χ1n) is 51.7. The van der Waals surface area contributed by atoms with Crippen molar-refractivity contribution in [2.24, 2.45) is 17.8 Å². The Kier molecular flexibility index (Phi) is 33.8. The molecule has 0 aliphatic carbocycles. The molecule has 5 fully saturated rings. The molecule has 0 spiro atoms. The van der Waals surface area contributed by atoms with E-state index in [2.05, 4.69) is 85.7 Å². The van der Waals surface area contributed by atoms with Crippen LogP contribution in [0.2, 0.25) is 0 Å². The number of halogens is 3. The SMILES string of the molecule is Cc1cccc(NC(=O)c2c(C)oc3ccc(O)c(CN4CCCC(C)C4)c23)c1.Cc1cccc(NC(=O)c2c(C)oc3ccc(O)c(CN4CCCC[C@@H]4C)c23)c1.Cc1cccc(NC(=O)c2c(C)oc3ccc(O)c(CN4CCCC[C@H]4C)c23)c1.Cc1cccc(NC(=O)c2c(C)oc3ccc(O)c(CN4CCC[C@H](C)C4)c23)c1.Cc1oc2ccc(O)c(CN3CCC(C)CC3)c2c1C(=O)Nc1cccc(C(F)(F)F)c1. The van der Waals surface area contributed by atoms with Gasteiger partial charge in [-0.3, -0.25) is 48.5 Å². The van der Waals surface area contributed by atoms with Crippen molar-refractivity contribution >= 4 is 113 Å². The fraction of sp³-hybridized carbons (Fsp3) is 0.375. The number of alkyl halides is 3. The number of fused-ring (bicyclic) bond motifs is 5. The number of benzene rings is 10. The number of hydrogen-bond acceptors (Lipinski definition) is 20. The van der Waals surface area contributed by atoms with Crippen LogP contribution in [0.1, 0.15) is 248 Å². The number of likely N-dealkylation sites (tertiary alicyclic amines) is 5. The molecule has 5 aliphatic heterocycles. The second-order valence-corrected chi connectivity index (χ2v) is 41.2. The normalized spacial score (nSPS) is 17.2. The summed E-state index contributed by atoms with van der Waals surface area (Å²) in [6.07, 6.45) is 9.50. The van der Waals surface area contributed by atoms with Crippen molar-refractivity contribution in [1.82, 2.24) is 24.5 Å². The Bertz CT molecular complexity index is 7020. The number of carbonyl (C=O) groups is 5. The summed E-state index contributed by atoms with van der Waals surface area (Å²) < 4.78 is 68.5. The van der Waals surface area contributed by atoms with Gasteiger partial charge in [-0.25, -0.2) is 0 Å². The third kappa shape index (κ3) is 25.3. The highest BCUT2D eigenvalue weighted by Crippen LogP contribution is 2.45. The van der Waals surface area contributed by atoms with Gasteiger partial charge in [-0.1, -0.05) is 88.2 Å². The Morgan fingerprint density at radius 3 is 0.824 bits per heavy atom. The summed E-state index contributed by atoms with van der Waals surface area (Å²) in [6, 6.07) is 53.0. The maximum atomic E-state index is 13.2. The lowest BCUT2D eigenvalue weighted by Crippen LogP contribution is -2.36. The van der Waals surface area contributed by atoms with Crippen LogP contribution < -0.4 is 26.6 Å². The van der Waals surface area contributed by atoms with Gasteiger partial charge in [0, 0.05) is 141 Å². The lowest BCUT2D eigenvalue weighted by atomic mass is 9.97. The van der Waals surface area contributed by atoms with Gasteiger partial charge < -0.3 is 74.2 Å². The van der Waals surface area contributed by atoms with E-state index in [-0.39, 0.29) is 63.6 Å². The summed E-state index contributed by atoms with van der Waals surface area (Å²) in [5.74, 6) is 3.95. The van der Waals surface area contributed by atoms with E-state index in [1.165, 1.54) is 37.8 Å². The van der Waals surface area contributed by atoms with Crippen LogP contribution in [0, 0.1) is 80.1 Å². The summed E-state index contributed by atoms with van der Waals surface area (Å²) in [6.45, 7) is 38.6. The van der Waals surface area contributed by atoms with Gasteiger partial charge in [0.2, 0.25) is 0 Å². The Balaban J connectivity index is 0.000000132. The number of phenols is 5. The summed E-state index contributed by atoms with van der Waals surface area (Å²) in [5.41, 5.74) is 15.3. The van der Waals surface area contributed by atoms with E-state index in [9.17, 15) is 62.7 Å². The van der Waals surface area contributed by atoms with Crippen molar-refractivity contribution in [2.45, 2.75) is 225 Å². The van der Waals surface area contributed by atoms with Crippen LogP contribution in [0.3, 0.4) is 0 Å². The van der Waals surface area contributed by atoms with Crippen LogP contribution >= 0.6 is 0 Å². The van der Waals surface area contributed by atoms with Crippen molar-refractivity contribution in [3.63, 3.8) is 0 Å². The van der Waals surface area contributed by atoms with Crippen LogP contribution in [-0.4, -0.2) is 144 Å². The van der Waals surface area contributed by atoms with Gasteiger partial charge in [-0.15, -0.1) is 0 Å². The van der Waals surface area contributed by atoms with Gasteiger partial charge >= 0.3 is 6.18 Å². The van der Waals surface area contributed by atoms with Crippen molar-refractivity contribution in [3.05, 3.63) is 294 Å². The lowest BCUT2D eigenvalue weighted by molar-refractivity contribution is -0.137. The van der Waals surface area contributed by atoms with Crippen LogP contribution in [0.25, 0.3) is 54.8 Å². The first-order chi connectivity index (χ1) is 70.8. The molecule has 778 valence electrons. The highest BCUT2D eigenvalue weighted by atomic mass is 19.4. The maximum absolute atomic E-state index is 13.2. The minimum atomic E-state index is -4.51. The van der Waals surface area contributed by atoms with Crippen molar-refractivity contribution in [2.75, 3.05) is 78.9 Å². The van der Waals surface area contributed by atoms with E-state index in [0.29, 0.717) is 174 Å². The molecule has 5 amide bonds. The number of hydrogen-bond donors (Lipinski definition) is 10. The molecule has 0 radical (unpaired) electrons. The fourth-order valence-corrected chi connectivity index (χ4v) is 21.6. The predicted octanol–water partition coefficient (Wildman–Crippen LogP) is 27.2. The number of nitrogens with one attached hydrogen (secondary N) is 5. The Morgan fingerprint density at radius 1 is 0.297 bits per heavy atom. The quantitative estimate of drug-likeness (QED) is 0.0339. The summed E-state index contributed by atoms with van der Waals surface area (Å²) >= 11 is 0. The number of piperidine rings is 5. The van der Waals surface area contributed by atoms with E-state index in [0.717, 1.165) is 183 Å². The third-order valence-electron chi connectivity index (χ3n) is 29.4. The molecule has 5 saturated heterocycles. The van der Waals surface area contributed by atoms with Crippen LogP contribution in [0.5, 0.6) is 28.7 Å². The molecule has 10 N–H and O–H groups in total. The van der Waals surface area contributed by atoms with Gasteiger partial charge in [-0.05, 0) is 347 Å². The molecule has 15 aromatic rings. The average molecular weight is 2020 g/mol. The number of anilines is 5. The highest BCUT2D eigenvalue weighted by Gasteiger charge is 2.36. The third-order valence-corrected chi connectivity index (χ3v) is 29.4. The second kappa shape index (κ2) is 46.9.